The van der Waals surface area contributed by atoms with Gasteiger partial charge in [-0.15, -0.1) is 0 Å². The Balaban J connectivity index is 2.23. The summed E-state index contributed by atoms with van der Waals surface area (Å²) in [6.45, 7) is 2.19. The molecule has 0 bridgehead atoms. The highest BCUT2D eigenvalue weighted by Crippen LogP contribution is 2.41. The first-order valence-corrected chi connectivity index (χ1v) is 6.87. The van der Waals surface area contributed by atoms with Gasteiger partial charge < -0.3 is 0 Å². The fourth-order valence-corrected chi connectivity index (χ4v) is 3.11. The second-order valence-electron chi connectivity index (χ2n) is 5.13. The van der Waals surface area contributed by atoms with E-state index in [-0.39, 0.29) is 0 Å². The second kappa shape index (κ2) is 3.92. The molecule has 0 saturated heterocycles. The van der Waals surface area contributed by atoms with E-state index in [0.29, 0.717) is 0 Å². The summed E-state index contributed by atoms with van der Waals surface area (Å²) in [4.78, 5) is 4.87. The highest BCUT2D eigenvalue weighted by Gasteiger charge is 2.19. The monoisotopic (exact) mass is 245 g/mol. The van der Waals surface area contributed by atoms with E-state index < -0.39 is 0 Å². The number of aliphatic imine (C=N–C) groups is 1. The summed E-state index contributed by atoms with van der Waals surface area (Å²) in [6, 6.07) is 17.3. The number of hydrogen-bond acceptors (Lipinski definition) is 1. The summed E-state index contributed by atoms with van der Waals surface area (Å²) in [7, 11) is 0. The molecule has 1 heterocycles. The minimum absolute atomic E-state index is 1.01. The van der Waals surface area contributed by atoms with Crippen LogP contribution in [0.5, 0.6) is 0 Å². The van der Waals surface area contributed by atoms with Gasteiger partial charge in [-0.05, 0) is 28.1 Å². The molecular formula is C18H15N. The third-order valence-electron chi connectivity index (χ3n) is 4.07. The van der Waals surface area contributed by atoms with Gasteiger partial charge in [-0.2, -0.15) is 0 Å². The van der Waals surface area contributed by atoms with Crippen LogP contribution in [0, 0.1) is 0 Å². The molecule has 4 rings (SSSR count). The van der Waals surface area contributed by atoms with E-state index in [1.54, 1.807) is 0 Å². The van der Waals surface area contributed by atoms with Crippen LogP contribution in [0.4, 0.5) is 5.69 Å². The topological polar surface area (TPSA) is 12.4 Å². The second-order valence-corrected chi connectivity index (χ2v) is 5.13. The lowest BCUT2D eigenvalue weighted by Gasteiger charge is -2.09. The Labute approximate surface area is 112 Å². The standard InChI is InChI=1S/C18H15N/c1-2-12-11-17-15-9-4-3-7-13(15)14-8-5-6-10-16(14)18(17)19-12/h3-10H,2,11H2,1H3. The van der Waals surface area contributed by atoms with Crippen molar-refractivity contribution in [2.24, 2.45) is 4.99 Å². The van der Waals surface area contributed by atoms with E-state index in [9.17, 15) is 0 Å². The van der Waals surface area contributed by atoms with Crippen molar-refractivity contribution in [3.8, 4) is 0 Å². The SMILES string of the molecule is CCC1=Nc2c(c3ccccc3c3ccccc23)C1. The zero-order chi connectivity index (χ0) is 12.8. The molecule has 1 aliphatic heterocycles. The summed E-state index contributed by atoms with van der Waals surface area (Å²) < 4.78 is 0. The van der Waals surface area contributed by atoms with Crippen molar-refractivity contribution in [2.45, 2.75) is 19.8 Å². The molecule has 3 aromatic rings. The number of fused-ring (bicyclic) bond motifs is 6. The lowest BCUT2D eigenvalue weighted by molar-refractivity contribution is 1.23. The third kappa shape index (κ3) is 1.45. The number of nitrogens with zero attached hydrogens (tertiary/aromatic N) is 1. The predicted octanol–water partition coefficient (Wildman–Crippen LogP) is 5.03. The van der Waals surface area contributed by atoms with Crippen LogP contribution in [-0.4, -0.2) is 5.71 Å². The van der Waals surface area contributed by atoms with Gasteiger partial charge in [0.1, 0.15) is 0 Å². The maximum absolute atomic E-state index is 4.87. The minimum atomic E-state index is 1.01. The van der Waals surface area contributed by atoms with Gasteiger partial charge in [0.15, 0.2) is 0 Å². The highest BCUT2D eigenvalue weighted by atomic mass is 14.8. The first-order chi connectivity index (χ1) is 9.38. The largest absolute Gasteiger partial charge is 0.257 e. The minimum Gasteiger partial charge on any atom is -0.257 e. The molecular weight excluding hydrogens is 230 g/mol. The summed E-state index contributed by atoms with van der Waals surface area (Å²) >= 11 is 0. The van der Waals surface area contributed by atoms with Crippen LogP contribution in [0.3, 0.4) is 0 Å². The van der Waals surface area contributed by atoms with Crippen molar-refractivity contribution in [1.29, 1.82) is 0 Å². The van der Waals surface area contributed by atoms with Crippen LogP contribution >= 0.6 is 0 Å². The Hall–Kier alpha value is -2.15. The number of hydrogen-bond donors (Lipinski definition) is 0. The van der Waals surface area contributed by atoms with Crippen LogP contribution < -0.4 is 0 Å². The highest BCUT2D eigenvalue weighted by molar-refractivity contribution is 6.17. The zero-order valence-corrected chi connectivity index (χ0v) is 11.0. The van der Waals surface area contributed by atoms with Gasteiger partial charge in [-0.1, -0.05) is 55.5 Å². The van der Waals surface area contributed by atoms with Gasteiger partial charge in [-0.25, -0.2) is 0 Å². The summed E-state index contributed by atoms with van der Waals surface area (Å²) in [5.41, 5.74) is 3.91. The van der Waals surface area contributed by atoms with Crippen molar-refractivity contribution in [3.05, 3.63) is 54.1 Å². The smallest absolute Gasteiger partial charge is 0.0749 e. The van der Waals surface area contributed by atoms with Crippen molar-refractivity contribution >= 4 is 32.9 Å². The fourth-order valence-electron chi connectivity index (χ4n) is 3.11. The molecule has 3 aromatic carbocycles. The van der Waals surface area contributed by atoms with E-state index in [2.05, 4.69) is 55.5 Å². The molecule has 1 aliphatic rings. The van der Waals surface area contributed by atoms with Crippen LogP contribution in [0.1, 0.15) is 18.9 Å². The number of benzene rings is 3. The van der Waals surface area contributed by atoms with E-state index >= 15 is 0 Å². The molecule has 0 radical (unpaired) electrons. The van der Waals surface area contributed by atoms with E-state index in [0.717, 1.165) is 12.8 Å². The maximum Gasteiger partial charge on any atom is 0.0749 e. The van der Waals surface area contributed by atoms with Gasteiger partial charge in [-0.3, -0.25) is 4.99 Å². The average molecular weight is 245 g/mol. The molecule has 0 saturated carbocycles. The zero-order valence-electron chi connectivity index (χ0n) is 11.0. The van der Waals surface area contributed by atoms with E-state index in [1.165, 1.54) is 38.5 Å². The van der Waals surface area contributed by atoms with E-state index in [1.807, 2.05) is 0 Å². The molecule has 0 unspecified atom stereocenters. The Kier molecular flexibility index (Phi) is 2.22. The van der Waals surface area contributed by atoms with Gasteiger partial charge in [0.05, 0.1) is 5.69 Å². The molecule has 0 aromatic heterocycles. The van der Waals surface area contributed by atoms with Crippen molar-refractivity contribution in [1.82, 2.24) is 0 Å². The molecule has 0 N–H and O–H groups in total. The van der Waals surface area contributed by atoms with Gasteiger partial charge in [0.2, 0.25) is 0 Å². The van der Waals surface area contributed by atoms with Crippen molar-refractivity contribution in [2.75, 3.05) is 0 Å². The van der Waals surface area contributed by atoms with Crippen molar-refractivity contribution < 1.29 is 0 Å². The third-order valence-corrected chi connectivity index (χ3v) is 4.07. The number of rotatable bonds is 1. The average Bonchev–Trinajstić information content (AvgIpc) is 2.92. The molecule has 0 spiro atoms. The maximum atomic E-state index is 4.87. The fraction of sp³-hybridized carbons (Fsp3) is 0.167. The van der Waals surface area contributed by atoms with Crippen LogP contribution in [0.15, 0.2) is 53.5 Å². The first-order valence-electron chi connectivity index (χ1n) is 6.87. The van der Waals surface area contributed by atoms with E-state index in [4.69, 9.17) is 4.99 Å². The normalized spacial score (nSPS) is 13.8. The molecule has 0 amide bonds. The summed E-state index contributed by atoms with van der Waals surface area (Å²) in [5.74, 6) is 0. The Morgan fingerprint density at radius 2 is 1.42 bits per heavy atom. The molecule has 1 nitrogen and oxygen atoms in total. The predicted molar refractivity (Wildman–Crippen MR) is 82.5 cm³/mol. The van der Waals surface area contributed by atoms with Gasteiger partial charge in [0, 0.05) is 17.5 Å². The molecule has 19 heavy (non-hydrogen) atoms. The Morgan fingerprint density at radius 1 is 0.842 bits per heavy atom. The van der Waals surface area contributed by atoms with Gasteiger partial charge >= 0.3 is 0 Å². The first kappa shape index (κ1) is 10.7. The van der Waals surface area contributed by atoms with Crippen molar-refractivity contribution in [3.63, 3.8) is 0 Å². The summed E-state index contributed by atoms with van der Waals surface area (Å²) in [5, 5.41) is 5.32. The lowest BCUT2D eigenvalue weighted by atomic mass is 9.94. The Bertz CT molecular complexity index is 828. The quantitative estimate of drug-likeness (QED) is 0.533. The lowest BCUT2D eigenvalue weighted by Crippen LogP contribution is -1.94. The van der Waals surface area contributed by atoms with Gasteiger partial charge in [0.25, 0.3) is 0 Å². The Morgan fingerprint density at radius 3 is 2.11 bits per heavy atom. The van der Waals surface area contributed by atoms with Crippen LogP contribution in [-0.2, 0) is 6.42 Å². The molecule has 0 atom stereocenters. The van der Waals surface area contributed by atoms with Crippen LogP contribution in [0.2, 0.25) is 0 Å². The molecule has 92 valence electrons. The molecule has 0 fully saturated rings. The molecule has 0 aliphatic carbocycles. The summed E-state index contributed by atoms with van der Waals surface area (Å²) in [6.07, 6.45) is 2.05. The van der Waals surface area contributed by atoms with Crippen LogP contribution in [0.25, 0.3) is 21.5 Å². The molecule has 1 heteroatoms.